The molecule has 3 heteroatoms. The Hall–Kier alpha value is -1.06. The zero-order chi connectivity index (χ0) is 15.5. The van der Waals surface area contributed by atoms with Crippen molar-refractivity contribution < 1.29 is 9.47 Å². The van der Waals surface area contributed by atoms with Gasteiger partial charge in [0.1, 0.15) is 5.75 Å². The van der Waals surface area contributed by atoms with Crippen molar-refractivity contribution in [2.75, 3.05) is 20.3 Å². The lowest BCUT2D eigenvalue weighted by Crippen LogP contribution is -2.47. The van der Waals surface area contributed by atoms with Gasteiger partial charge in [0.25, 0.3) is 0 Å². The summed E-state index contributed by atoms with van der Waals surface area (Å²) in [7, 11) is 1.72. The molecule has 1 aromatic rings. The van der Waals surface area contributed by atoms with Crippen molar-refractivity contribution in [2.24, 2.45) is 5.41 Å². The minimum atomic E-state index is 0.129. The second kappa shape index (κ2) is 6.37. The summed E-state index contributed by atoms with van der Waals surface area (Å²) in [6.07, 6.45) is 2.40. The highest BCUT2D eigenvalue weighted by Crippen LogP contribution is 2.38. The lowest BCUT2D eigenvalue weighted by Gasteiger charge is -2.36. The second-order valence-corrected chi connectivity index (χ2v) is 7.26. The predicted octanol–water partition coefficient (Wildman–Crippen LogP) is 3.42. The molecule has 118 valence electrons. The van der Waals surface area contributed by atoms with Crippen LogP contribution >= 0.6 is 0 Å². The van der Waals surface area contributed by atoms with Crippen LogP contribution in [-0.4, -0.2) is 31.9 Å². The molecule has 1 saturated heterocycles. The van der Waals surface area contributed by atoms with Gasteiger partial charge in [0.2, 0.25) is 0 Å². The number of hydrogen-bond donors (Lipinski definition) is 1. The van der Waals surface area contributed by atoms with E-state index in [1.807, 2.05) is 6.07 Å². The smallest absolute Gasteiger partial charge is 0.119 e. The standard InChI is InChI=1S/C18H29NO2/c1-14-18(9-10-21-14,13-19-17(2,3)4)12-15-7-6-8-16(11-15)20-5/h6-8,11,14,19H,9-10,12-13H2,1-5H3. The van der Waals surface area contributed by atoms with E-state index < -0.39 is 0 Å². The highest BCUT2D eigenvalue weighted by molar-refractivity contribution is 5.29. The molecule has 0 radical (unpaired) electrons. The van der Waals surface area contributed by atoms with Gasteiger partial charge in [-0.05, 0) is 58.2 Å². The molecular weight excluding hydrogens is 262 g/mol. The molecule has 0 bridgehead atoms. The fraction of sp³-hybridized carbons (Fsp3) is 0.667. The van der Waals surface area contributed by atoms with E-state index in [0.717, 1.165) is 31.7 Å². The molecule has 0 saturated carbocycles. The van der Waals surface area contributed by atoms with Gasteiger partial charge in [0.15, 0.2) is 0 Å². The number of ether oxygens (including phenoxy) is 2. The minimum absolute atomic E-state index is 0.129. The first-order valence-electron chi connectivity index (χ1n) is 7.84. The van der Waals surface area contributed by atoms with Crippen molar-refractivity contribution in [3.05, 3.63) is 29.8 Å². The van der Waals surface area contributed by atoms with Gasteiger partial charge in [0.05, 0.1) is 13.2 Å². The molecule has 0 amide bonds. The molecule has 0 spiro atoms. The van der Waals surface area contributed by atoms with Crippen LogP contribution in [0.4, 0.5) is 0 Å². The van der Waals surface area contributed by atoms with Crippen molar-refractivity contribution in [1.29, 1.82) is 0 Å². The average molecular weight is 291 g/mol. The topological polar surface area (TPSA) is 30.5 Å². The Kier molecular flexibility index (Phi) is 4.95. The minimum Gasteiger partial charge on any atom is -0.497 e. The molecule has 2 rings (SSSR count). The quantitative estimate of drug-likeness (QED) is 0.901. The summed E-state index contributed by atoms with van der Waals surface area (Å²) < 4.78 is 11.2. The second-order valence-electron chi connectivity index (χ2n) is 7.26. The van der Waals surface area contributed by atoms with Crippen LogP contribution in [0.15, 0.2) is 24.3 Å². The summed E-state index contributed by atoms with van der Waals surface area (Å²) in [5.74, 6) is 0.929. The molecule has 21 heavy (non-hydrogen) atoms. The molecule has 1 aliphatic heterocycles. The van der Waals surface area contributed by atoms with Crippen molar-refractivity contribution in [3.63, 3.8) is 0 Å². The fourth-order valence-corrected chi connectivity index (χ4v) is 2.98. The van der Waals surface area contributed by atoms with Gasteiger partial charge < -0.3 is 14.8 Å². The first kappa shape index (κ1) is 16.3. The molecule has 0 aliphatic carbocycles. The lowest BCUT2D eigenvalue weighted by atomic mass is 9.75. The van der Waals surface area contributed by atoms with Crippen molar-refractivity contribution >= 4 is 0 Å². The molecule has 1 aliphatic rings. The van der Waals surface area contributed by atoms with Crippen LogP contribution in [0.5, 0.6) is 5.75 Å². The fourth-order valence-electron chi connectivity index (χ4n) is 2.98. The number of hydrogen-bond acceptors (Lipinski definition) is 3. The third-order valence-corrected chi connectivity index (χ3v) is 4.49. The Morgan fingerprint density at radius 1 is 1.38 bits per heavy atom. The van der Waals surface area contributed by atoms with Gasteiger partial charge in [-0.25, -0.2) is 0 Å². The summed E-state index contributed by atoms with van der Waals surface area (Å²) >= 11 is 0. The van der Waals surface area contributed by atoms with E-state index in [4.69, 9.17) is 9.47 Å². The number of rotatable bonds is 5. The number of methoxy groups -OCH3 is 1. The van der Waals surface area contributed by atoms with Gasteiger partial charge in [-0.15, -0.1) is 0 Å². The number of benzene rings is 1. The molecule has 1 aromatic carbocycles. The molecule has 0 aromatic heterocycles. The van der Waals surface area contributed by atoms with Crippen LogP contribution in [-0.2, 0) is 11.2 Å². The SMILES string of the molecule is COc1cccc(CC2(CNC(C)(C)C)CCOC2C)c1. The highest BCUT2D eigenvalue weighted by atomic mass is 16.5. The van der Waals surface area contributed by atoms with Gasteiger partial charge in [-0.1, -0.05) is 12.1 Å². The third-order valence-electron chi connectivity index (χ3n) is 4.49. The van der Waals surface area contributed by atoms with Crippen molar-refractivity contribution in [2.45, 2.75) is 52.2 Å². The van der Waals surface area contributed by atoms with Crippen molar-refractivity contribution in [1.82, 2.24) is 5.32 Å². The van der Waals surface area contributed by atoms with E-state index in [2.05, 4.69) is 51.2 Å². The summed E-state index contributed by atoms with van der Waals surface area (Å²) in [4.78, 5) is 0. The van der Waals surface area contributed by atoms with E-state index in [-0.39, 0.29) is 17.1 Å². The zero-order valence-electron chi connectivity index (χ0n) is 14.0. The van der Waals surface area contributed by atoms with Crippen LogP contribution in [0.3, 0.4) is 0 Å². The van der Waals surface area contributed by atoms with Gasteiger partial charge >= 0.3 is 0 Å². The Balaban J connectivity index is 2.16. The third kappa shape index (κ3) is 4.21. The summed E-state index contributed by atoms with van der Waals surface area (Å²) in [5.41, 5.74) is 1.62. The lowest BCUT2D eigenvalue weighted by molar-refractivity contribution is 0.0597. The van der Waals surface area contributed by atoms with E-state index >= 15 is 0 Å². The first-order chi connectivity index (χ1) is 9.85. The van der Waals surface area contributed by atoms with Crippen LogP contribution in [0.25, 0.3) is 0 Å². The van der Waals surface area contributed by atoms with Gasteiger partial charge in [0, 0.05) is 24.1 Å². The number of nitrogens with one attached hydrogen (secondary N) is 1. The van der Waals surface area contributed by atoms with Crippen LogP contribution < -0.4 is 10.1 Å². The Bertz CT molecular complexity index is 467. The normalized spacial score (nSPS) is 26.0. The summed E-state index contributed by atoms with van der Waals surface area (Å²) in [5, 5.41) is 3.67. The largest absolute Gasteiger partial charge is 0.497 e. The van der Waals surface area contributed by atoms with Crippen molar-refractivity contribution in [3.8, 4) is 5.75 Å². The summed E-state index contributed by atoms with van der Waals surface area (Å²) in [6, 6.07) is 8.40. The van der Waals surface area contributed by atoms with Gasteiger partial charge in [-0.3, -0.25) is 0 Å². The highest BCUT2D eigenvalue weighted by Gasteiger charge is 2.41. The Labute approximate surface area is 129 Å². The zero-order valence-corrected chi connectivity index (χ0v) is 14.0. The van der Waals surface area contributed by atoms with E-state index in [1.165, 1.54) is 5.56 Å². The molecule has 2 unspecified atom stereocenters. The maximum absolute atomic E-state index is 5.89. The molecular formula is C18H29NO2. The van der Waals surface area contributed by atoms with Crippen LogP contribution in [0.1, 0.15) is 39.7 Å². The molecule has 2 atom stereocenters. The molecule has 1 fully saturated rings. The van der Waals surface area contributed by atoms with E-state index in [9.17, 15) is 0 Å². The molecule has 1 heterocycles. The molecule has 3 nitrogen and oxygen atoms in total. The average Bonchev–Trinajstić information content (AvgIpc) is 2.78. The Morgan fingerprint density at radius 3 is 2.71 bits per heavy atom. The van der Waals surface area contributed by atoms with E-state index in [1.54, 1.807) is 7.11 Å². The van der Waals surface area contributed by atoms with Crippen LogP contribution in [0.2, 0.25) is 0 Å². The monoisotopic (exact) mass is 291 g/mol. The summed E-state index contributed by atoms with van der Waals surface area (Å²) in [6.45, 7) is 10.7. The van der Waals surface area contributed by atoms with Gasteiger partial charge in [-0.2, -0.15) is 0 Å². The first-order valence-corrected chi connectivity index (χ1v) is 7.84. The predicted molar refractivity (Wildman–Crippen MR) is 86.9 cm³/mol. The Morgan fingerprint density at radius 2 is 2.14 bits per heavy atom. The maximum atomic E-state index is 5.89. The van der Waals surface area contributed by atoms with E-state index in [0.29, 0.717) is 0 Å². The molecule has 1 N–H and O–H groups in total. The maximum Gasteiger partial charge on any atom is 0.119 e. The van der Waals surface area contributed by atoms with Crippen LogP contribution in [0, 0.1) is 5.41 Å².